The number of hydrogen-bond acceptors (Lipinski definition) is 5. The lowest BCUT2D eigenvalue weighted by atomic mass is 10.0. The van der Waals surface area contributed by atoms with Crippen LogP contribution in [0.25, 0.3) is 10.1 Å². The third-order valence-corrected chi connectivity index (χ3v) is 4.95. The smallest absolute Gasteiger partial charge is 0.270 e. The van der Waals surface area contributed by atoms with Crippen LogP contribution in [0.4, 0.5) is 5.69 Å². The Balaban J connectivity index is 2.13. The van der Waals surface area contributed by atoms with E-state index in [2.05, 4.69) is 24.1 Å². The van der Waals surface area contributed by atoms with Gasteiger partial charge in [-0.15, -0.1) is 11.3 Å². The molecule has 0 aliphatic heterocycles. The fraction of sp³-hybridized carbons (Fsp3) is 0.438. The van der Waals surface area contributed by atoms with Crippen molar-refractivity contribution in [2.75, 3.05) is 20.6 Å². The van der Waals surface area contributed by atoms with E-state index in [4.69, 9.17) is 0 Å². The van der Waals surface area contributed by atoms with Crippen molar-refractivity contribution < 1.29 is 9.72 Å². The molecule has 1 heterocycles. The quantitative estimate of drug-likeness (QED) is 0.650. The van der Waals surface area contributed by atoms with E-state index in [-0.39, 0.29) is 17.6 Å². The van der Waals surface area contributed by atoms with Gasteiger partial charge in [-0.05, 0) is 32.1 Å². The van der Waals surface area contributed by atoms with Gasteiger partial charge < -0.3 is 10.2 Å². The van der Waals surface area contributed by atoms with Crippen LogP contribution in [0.3, 0.4) is 0 Å². The van der Waals surface area contributed by atoms with Crippen molar-refractivity contribution >= 4 is 33.0 Å². The second kappa shape index (κ2) is 7.06. The largest absolute Gasteiger partial charge is 0.350 e. The van der Waals surface area contributed by atoms with E-state index in [1.807, 2.05) is 14.1 Å². The molecule has 0 saturated heterocycles. The van der Waals surface area contributed by atoms with Crippen LogP contribution in [0.5, 0.6) is 0 Å². The first-order valence-electron chi connectivity index (χ1n) is 7.42. The number of non-ortho nitro benzene ring substituents is 1. The summed E-state index contributed by atoms with van der Waals surface area (Å²) in [6.45, 7) is 4.81. The summed E-state index contributed by atoms with van der Waals surface area (Å²) < 4.78 is 0.869. The van der Waals surface area contributed by atoms with Gasteiger partial charge in [-0.1, -0.05) is 13.8 Å². The SMILES string of the molecule is CC(C)C(CNC(=O)c1cc2cc([N+](=O)[O-])ccc2s1)N(C)C. The summed E-state index contributed by atoms with van der Waals surface area (Å²) in [4.78, 5) is 25.4. The first kappa shape index (κ1) is 17.4. The average Bonchev–Trinajstić information content (AvgIpc) is 2.89. The Morgan fingerprint density at radius 2 is 2.04 bits per heavy atom. The van der Waals surface area contributed by atoms with E-state index in [1.165, 1.54) is 23.5 Å². The second-order valence-corrected chi connectivity index (χ2v) is 7.16. The number of carbonyl (C=O) groups is 1. The Morgan fingerprint density at radius 1 is 1.35 bits per heavy atom. The minimum atomic E-state index is -0.429. The third-order valence-electron chi connectivity index (χ3n) is 3.84. The predicted molar refractivity (Wildman–Crippen MR) is 93.1 cm³/mol. The number of likely N-dealkylation sites (N-methyl/N-ethyl adjacent to an activating group) is 1. The van der Waals surface area contributed by atoms with Gasteiger partial charge in [0.05, 0.1) is 9.80 Å². The van der Waals surface area contributed by atoms with E-state index in [0.717, 1.165) is 10.1 Å². The van der Waals surface area contributed by atoms with Crippen molar-refractivity contribution in [3.63, 3.8) is 0 Å². The van der Waals surface area contributed by atoms with Crippen LogP contribution >= 0.6 is 11.3 Å². The van der Waals surface area contributed by atoms with E-state index in [1.54, 1.807) is 12.1 Å². The van der Waals surface area contributed by atoms with Gasteiger partial charge in [0.1, 0.15) is 0 Å². The summed E-state index contributed by atoms with van der Waals surface area (Å²) in [5, 5.41) is 14.5. The maximum absolute atomic E-state index is 12.3. The van der Waals surface area contributed by atoms with Crippen LogP contribution in [-0.2, 0) is 0 Å². The minimum absolute atomic E-state index is 0.0368. The molecule has 0 radical (unpaired) electrons. The first-order valence-corrected chi connectivity index (χ1v) is 8.24. The number of fused-ring (bicyclic) bond motifs is 1. The van der Waals surface area contributed by atoms with Crippen molar-refractivity contribution in [1.82, 2.24) is 10.2 Å². The Labute approximate surface area is 139 Å². The van der Waals surface area contributed by atoms with Gasteiger partial charge in [0.15, 0.2) is 0 Å². The number of rotatable bonds is 6. The van der Waals surface area contributed by atoms with E-state index >= 15 is 0 Å². The van der Waals surface area contributed by atoms with Gasteiger partial charge in [-0.25, -0.2) is 0 Å². The summed E-state index contributed by atoms with van der Waals surface area (Å²) in [5.41, 5.74) is 0.0368. The number of nitro benzene ring substituents is 1. The molecule has 1 aromatic heterocycles. The fourth-order valence-corrected chi connectivity index (χ4v) is 3.51. The van der Waals surface area contributed by atoms with Crippen molar-refractivity contribution in [2.24, 2.45) is 5.92 Å². The predicted octanol–water partition coefficient (Wildman–Crippen LogP) is 3.13. The number of carbonyl (C=O) groups excluding carboxylic acids is 1. The van der Waals surface area contributed by atoms with Crippen molar-refractivity contribution in [3.8, 4) is 0 Å². The van der Waals surface area contributed by atoms with Crippen molar-refractivity contribution in [1.29, 1.82) is 0 Å². The number of hydrogen-bond donors (Lipinski definition) is 1. The van der Waals surface area contributed by atoms with Crippen LogP contribution < -0.4 is 5.32 Å². The molecule has 2 aromatic rings. The molecular formula is C16H21N3O3S. The number of nitrogens with one attached hydrogen (secondary N) is 1. The van der Waals surface area contributed by atoms with Gasteiger partial charge in [0.2, 0.25) is 0 Å². The molecular weight excluding hydrogens is 314 g/mol. The van der Waals surface area contributed by atoms with Gasteiger partial charge >= 0.3 is 0 Å². The lowest BCUT2D eigenvalue weighted by Crippen LogP contribution is -2.43. The molecule has 0 fully saturated rings. The second-order valence-electron chi connectivity index (χ2n) is 6.07. The number of thiophene rings is 1. The summed E-state index contributed by atoms with van der Waals surface area (Å²) in [6.07, 6.45) is 0. The molecule has 0 saturated carbocycles. The summed E-state index contributed by atoms with van der Waals surface area (Å²) in [5.74, 6) is 0.289. The topological polar surface area (TPSA) is 75.5 Å². The lowest BCUT2D eigenvalue weighted by molar-refractivity contribution is -0.384. The monoisotopic (exact) mass is 335 g/mol. The molecule has 7 heteroatoms. The van der Waals surface area contributed by atoms with Crippen LogP contribution in [-0.4, -0.2) is 42.4 Å². The maximum atomic E-state index is 12.3. The summed E-state index contributed by atoms with van der Waals surface area (Å²) in [6, 6.07) is 6.61. The molecule has 1 aromatic carbocycles. The molecule has 1 amide bonds. The van der Waals surface area contributed by atoms with Gasteiger partial charge in [0, 0.05) is 34.8 Å². The van der Waals surface area contributed by atoms with Crippen LogP contribution in [0.15, 0.2) is 24.3 Å². The third kappa shape index (κ3) is 4.05. The zero-order chi connectivity index (χ0) is 17.1. The summed E-state index contributed by atoms with van der Waals surface area (Å²) in [7, 11) is 3.99. The van der Waals surface area contributed by atoms with E-state index in [9.17, 15) is 14.9 Å². The molecule has 124 valence electrons. The highest BCUT2D eigenvalue weighted by atomic mass is 32.1. The Kier molecular flexibility index (Phi) is 5.33. The molecule has 23 heavy (non-hydrogen) atoms. The molecule has 0 aliphatic carbocycles. The molecule has 6 nitrogen and oxygen atoms in total. The van der Waals surface area contributed by atoms with E-state index < -0.39 is 4.92 Å². The van der Waals surface area contributed by atoms with Crippen LogP contribution in [0.2, 0.25) is 0 Å². The lowest BCUT2D eigenvalue weighted by Gasteiger charge is -2.27. The molecule has 0 aliphatic rings. The molecule has 0 bridgehead atoms. The fourth-order valence-electron chi connectivity index (χ4n) is 2.56. The number of nitro groups is 1. The van der Waals surface area contributed by atoms with Gasteiger partial charge in [-0.2, -0.15) is 0 Å². The van der Waals surface area contributed by atoms with Crippen molar-refractivity contribution in [2.45, 2.75) is 19.9 Å². The molecule has 1 unspecified atom stereocenters. The number of benzene rings is 1. The van der Waals surface area contributed by atoms with Gasteiger partial charge in [-0.3, -0.25) is 14.9 Å². The average molecular weight is 335 g/mol. The Morgan fingerprint density at radius 3 is 2.61 bits per heavy atom. The zero-order valence-electron chi connectivity index (χ0n) is 13.7. The summed E-state index contributed by atoms with van der Waals surface area (Å²) >= 11 is 1.35. The molecule has 1 atom stereocenters. The number of nitrogens with zero attached hydrogens (tertiary/aromatic N) is 2. The Bertz CT molecular complexity index is 716. The standard InChI is InChI=1S/C16H21N3O3S/c1-10(2)13(18(3)4)9-17-16(20)15-8-11-7-12(19(21)22)5-6-14(11)23-15/h5-8,10,13H,9H2,1-4H3,(H,17,20). The highest BCUT2D eigenvalue weighted by molar-refractivity contribution is 7.20. The zero-order valence-corrected chi connectivity index (χ0v) is 14.5. The first-order chi connectivity index (χ1) is 10.8. The number of amides is 1. The molecule has 0 spiro atoms. The Hall–Kier alpha value is -1.99. The normalized spacial score (nSPS) is 12.8. The van der Waals surface area contributed by atoms with Crippen LogP contribution in [0, 0.1) is 16.0 Å². The molecule has 2 rings (SSSR count). The highest BCUT2D eigenvalue weighted by Crippen LogP contribution is 2.28. The van der Waals surface area contributed by atoms with E-state index in [0.29, 0.717) is 17.3 Å². The van der Waals surface area contributed by atoms with Gasteiger partial charge in [0.25, 0.3) is 11.6 Å². The maximum Gasteiger partial charge on any atom is 0.270 e. The highest BCUT2D eigenvalue weighted by Gasteiger charge is 2.18. The molecule has 1 N–H and O–H groups in total. The van der Waals surface area contributed by atoms with Crippen LogP contribution in [0.1, 0.15) is 23.5 Å². The van der Waals surface area contributed by atoms with Crippen molar-refractivity contribution in [3.05, 3.63) is 39.3 Å². The minimum Gasteiger partial charge on any atom is -0.350 e.